The minimum absolute atomic E-state index is 0. The molecule has 0 aliphatic rings. The van der Waals surface area contributed by atoms with Gasteiger partial charge in [-0.15, -0.1) is 0 Å². The van der Waals surface area contributed by atoms with E-state index in [9.17, 15) is 0 Å². The van der Waals surface area contributed by atoms with Crippen molar-refractivity contribution in [3.8, 4) is 0 Å². The van der Waals surface area contributed by atoms with Crippen molar-refractivity contribution in [1.29, 1.82) is 0 Å². The molecule has 0 unspecified atom stereocenters. The van der Waals surface area contributed by atoms with Crippen LogP contribution in [0.3, 0.4) is 0 Å². The Labute approximate surface area is 58.7 Å². The molecule has 0 aliphatic carbocycles. The average molecular weight is 138 g/mol. The molecule has 0 rings (SSSR count). The van der Waals surface area contributed by atoms with Gasteiger partial charge in [-0.1, -0.05) is 0 Å². The molecule has 0 heterocycles. The molecule has 0 atom stereocenters. The van der Waals surface area contributed by atoms with Crippen LogP contribution in [-0.2, 0) is 26.5 Å². The molecule has 0 fully saturated rings. The molecular weight excluding hydrogens is 128 g/mol. The molecule has 0 saturated heterocycles. The number of hydrogen-bond acceptors (Lipinski definition) is 2. The molecule has 7 heavy (non-hydrogen) atoms. The number of aliphatic hydroxyl groups excluding tert-OH is 1. The third-order valence-electron chi connectivity index (χ3n) is 0.507. The van der Waals surface area contributed by atoms with E-state index in [2.05, 4.69) is 4.74 Å². The second-order valence-corrected chi connectivity index (χ2v) is 1.07. The molecule has 0 spiro atoms. The summed E-state index contributed by atoms with van der Waals surface area (Å²) >= 11 is 0. The number of ether oxygens (including phenoxy) is 1. The van der Waals surface area contributed by atoms with Crippen LogP contribution >= 0.6 is 0 Å². The largest absolute Gasteiger partial charge is 0.396 e. The molecule has 2 nitrogen and oxygen atoms in total. The topological polar surface area (TPSA) is 29.5 Å². The van der Waals surface area contributed by atoms with Crippen LogP contribution in [0.15, 0.2) is 0 Å². The average Bonchev–Trinajstić information content (AvgIpc) is 1.61. The van der Waals surface area contributed by atoms with Crippen molar-refractivity contribution >= 4 is 0 Å². The van der Waals surface area contributed by atoms with Crippen LogP contribution in [0.5, 0.6) is 0 Å². The summed E-state index contributed by atoms with van der Waals surface area (Å²) in [5.41, 5.74) is 0. The Morgan fingerprint density at radius 2 is 2.14 bits per heavy atom. The van der Waals surface area contributed by atoms with E-state index >= 15 is 0 Å². The van der Waals surface area contributed by atoms with Crippen molar-refractivity contribution in [2.24, 2.45) is 0 Å². The summed E-state index contributed by atoms with van der Waals surface area (Å²) in [6, 6.07) is 0. The fraction of sp³-hybridized carbons (Fsp3) is 1.00. The Morgan fingerprint density at radius 3 is 2.29 bits per heavy atom. The Hall–Kier alpha value is 0.634. The fourth-order valence-electron chi connectivity index (χ4n) is 0.209. The summed E-state index contributed by atoms with van der Waals surface area (Å²) in [5, 5.41) is 8.12. The predicted molar refractivity (Wildman–Crippen MR) is 23.6 cm³/mol. The van der Waals surface area contributed by atoms with E-state index in [0.29, 0.717) is 6.61 Å². The first kappa shape index (κ1) is 10.6. The summed E-state index contributed by atoms with van der Waals surface area (Å²) in [6.07, 6.45) is 0.747. The molecule has 0 aromatic rings. The van der Waals surface area contributed by atoms with E-state index < -0.39 is 0 Å². The molecule has 0 aromatic carbocycles. The first-order valence-corrected chi connectivity index (χ1v) is 2.01. The van der Waals surface area contributed by atoms with E-state index in [0.717, 1.165) is 6.42 Å². The number of hydrogen-bond donors (Lipinski definition) is 1. The monoisotopic (exact) mass is 138 g/mol. The van der Waals surface area contributed by atoms with Crippen molar-refractivity contribution in [2.45, 2.75) is 6.42 Å². The zero-order valence-corrected chi connectivity index (χ0v) is 6.04. The fourth-order valence-corrected chi connectivity index (χ4v) is 0.209. The zero-order valence-electron chi connectivity index (χ0n) is 4.48. The molecule has 0 radical (unpaired) electrons. The number of rotatable bonds is 3. The zero-order chi connectivity index (χ0) is 4.83. The minimum Gasteiger partial charge on any atom is -0.396 e. The van der Waals surface area contributed by atoms with E-state index in [-0.39, 0.29) is 28.3 Å². The maximum Gasteiger partial charge on any atom is 0.0484 e. The van der Waals surface area contributed by atoms with Crippen molar-refractivity contribution < 1.29 is 31.6 Å². The van der Waals surface area contributed by atoms with Crippen molar-refractivity contribution in [3.63, 3.8) is 0 Å². The summed E-state index contributed by atoms with van der Waals surface area (Å²) < 4.78 is 4.62. The maximum absolute atomic E-state index is 8.12. The summed E-state index contributed by atoms with van der Waals surface area (Å²) in [4.78, 5) is 0. The Balaban J connectivity index is 0. The van der Waals surface area contributed by atoms with Crippen LogP contribution in [-0.4, -0.2) is 25.4 Å². The van der Waals surface area contributed by atoms with Crippen LogP contribution in [0.1, 0.15) is 6.42 Å². The Kier molecular flexibility index (Phi) is 14.8. The molecule has 1 N–H and O–H groups in total. The van der Waals surface area contributed by atoms with Crippen molar-refractivity contribution in [1.82, 2.24) is 0 Å². The first-order valence-electron chi connectivity index (χ1n) is 2.01. The quantitative estimate of drug-likeness (QED) is 0.439. The molecule has 42 valence electrons. The van der Waals surface area contributed by atoms with Crippen LogP contribution in [0.25, 0.3) is 0 Å². The van der Waals surface area contributed by atoms with Gasteiger partial charge in [0, 0.05) is 42.0 Å². The third-order valence-corrected chi connectivity index (χ3v) is 0.507. The van der Waals surface area contributed by atoms with Crippen LogP contribution < -0.4 is 0 Å². The van der Waals surface area contributed by atoms with Gasteiger partial charge < -0.3 is 9.84 Å². The van der Waals surface area contributed by atoms with E-state index in [1.165, 1.54) is 0 Å². The van der Waals surface area contributed by atoms with Crippen LogP contribution in [0.2, 0.25) is 0 Å². The third kappa shape index (κ3) is 10.8. The second kappa shape index (κ2) is 9.81. The van der Waals surface area contributed by atoms with E-state index in [4.69, 9.17) is 5.11 Å². The van der Waals surface area contributed by atoms with Gasteiger partial charge in [0.25, 0.3) is 0 Å². The van der Waals surface area contributed by atoms with Gasteiger partial charge in [-0.25, -0.2) is 0 Å². The second-order valence-electron chi connectivity index (χ2n) is 1.07. The van der Waals surface area contributed by atoms with Crippen LogP contribution in [0.4, 0.5) is 0 Å². The van der Waals surface area contributed by atoms with Gasteiger partial charge >= 0.3 is 0 Å². The van der Waals surface area contributed by atoms with Gasteiger partial charge in [-0.3, -0.25) is 0 Å². The predicted octanol–water partition coefficient (Wildman–Crippen LogP) is 0.0127. The smallest absolute Gasteiger partial charge is 0.0484 e. The van der Waals surface area contributed by atoms with Gasteiger partial charge in [-0.2, -0.15) is 0 Å². The van der Waals surface area contributed by atoms with Gasteiger partial charge in [0.15, 0.2) is 0 Å². The van der Waals surface area contributed by atoms with Gasteiger partial charge in [0.1, 0.15) is 0 Å². The molecule has 0 aliphatic heterocycles. The van der Waals surface area contributed by atoms with E-state index in [1.807, 2.05) is 0 Å². The molecule has 0 bridgehead atoms. The molecule has 0 aromatic heterocycles. The van der Waals surface area contributed by atoms with Gasteiger partial charge in [0.05, 0.1) is 0 Å². The van der Waals surface area contributed by atoms with E-state index in [1.54, 1.807) is 7.11 Å². The number of aliphatic hydroxyl groups is 1. The Bertz CT molecular complexity index is 21.7. The molecule has 0 amide bonds. The normalized spacial score (nSPS) is 7.71. The summed E-state index contributed by atoms with van der Waals surface area (Å²) in [7, 11) is 1.62. The minimum atomic E-state index is 0. The van der Waals surface area contributed by atoms with Crippen molar-refractivity contribution in [3.05, 3.63) is 0 Å². The number of methoxy groups -OCH3 is 1. The van der Waals surface area contributed by atoms with Crippen molar-refractivity contribution in [2.75, 3.05) is 20.3 Å². The van der Waals surface area contributed by atoms with Gasteiger partial charge in [-0.05, 0) is 6.42 Å². The maximum atomic E-state index is 8.12. The molecule has 3 heteroatoms. The van der Waals surface area contributed by atoms with Gasteiger partial charge in [0.2, 0.25) is 0 Å². The molecular formula is C4H10O2Ti. The van der Waals surface area contributed by atoms with Crippen LogP contribution in [0, 0.1) is 0 Å². The Morgan fingerprint density at radius 1 is 1.57 bits per heavy atom. The molecule has 0 saturated carbocycles. The SMILES string of the molecule is COCCCO.[Ti]. The first-order chi connectivity index (χ1) is 2.91. The standard InChI is InChI=1S/C4H10O2.Ti/c1-6-4-2-3-5;/h5H,2-4H2,1H3;. The summed E-state index contributed by atoms with van der Waals surface area (Å²) in [6.45, 7) is 0.893. The summed E-state index contributed by atoms with van der Waals surface area (Å²) in [5.74, 6) is 0.